The van der Waals surface area contributed by atoms with Crippen LogP contribution < -0.4 is 5.32 Å². The van der Waals surface area contributed by atoms with E-state index in [0.717, 1.165) is 0 Å². The van der Waals surface area contributed by atoms with E-state index in [-0.39, 0.29) is 25.3 Å². The number of quaternary nitrogens is 1. The van der Waals surface area contributed by atoms with Crippen LogP contribution in [-0.2, 0) is 27.7 Å². The Kier molecular flexibility index (Phi) is 9.78. The Labute approximate surface area is 166 Å². The third-order valence-electron chi connectivity index (χ3n) is 3.44. The minimum atomic E-state index is -3.83. The molecular weight excluding hydrogens is 385 g/mol. The van der Waals surface area contributed by atoms with Crippen LogP contribution in [0.4, 0.5) is 5.82 Å². The van der Waals surface area contributed by atoms with Gasteiger partial charge in [0, 0.05) is 25.4 Å². The van der Waals surface area contributed by atoms with Gasteiger partial charge in [-0.1, -0.05) is 12.6 Å². The second kappa shape index (κ2) is 11.3. The summed E-state index contributed by atoms with van der Waals surface area (Å²) < 4.78 is 34.5. The SMILES string of the molecule is C=C(C)C(=O)OCC(CNc1ccccn1)OP(=O)(OC)OCC[N+](C)(C)C. The van der Waals surface area contributed by atoms with Crippen LogP contribution in [0.25, 0.3) is 0 Å². The zero-order chi connectivity index (χ0) is 21.2. The maximum absolute atomic E-state index is 12.8. The summed E-state index contributed by atoms with van der Waals surface area (Å²) in [6.07, 6.45) is 0.841. The number of phosphoric ester groups is 1. The summed E-state index contributed by atoms with van der Waals surface area (Å²) in [5, 5.41) is 3.04. The van der Waals surface area contributed by atoms with Crippen molar-refractivity contribution in [3.63, 3.8) is 0 Å². The van der Waals surface area contributed by atoms with Crippen molar-refractivity contribution in [2.24, 2.45) is 0 Å². The van der Waals surface area contributed by atoms with Crippen molar-refractivity contribution in [2.75, 3.05) is 59.9 Å². The van der Waals surface area contributed by atoms with Crippen molar-refractivity contribution in [3.8, 4) is 0 Å². The molecule has 0 saturated carbocycles. The Balaban J connectivity index is 2.75. The number of ether oxygens (including phenoxy) is 1. The number of nitrogens with zero attached hydrogens (tertiary/aromatic N) is 2. The fraction of sp³-hybridized carbons (Fsp3) is 0.556. The Bertz CT molecular complexity index is 678. The largest absolute Gasteiger partial charge is 0.475 e. The van der Waals surface area contributed by atoms with Crippen LogP contribution in [0.15, 0.2) is 36.5 Å². The fourth-order valence-corrected chi connectivity index (χ4v) is 2.90. The van der Waals surface area contributed by atoms with Gasteiger partial charge in [0.1, 0.15) is 31.7 Å². The van der Waals surface area contributed by atoms with Gasteiger partial charge in [-0.05, 0) is 19.1 Å². The van der Waals surface area contributed by atoms with Gasteiger partial charge in [0.05, 0.1) is 21.1 Å². The number of esters is 1. The zero-order valence-electron chi connectivity index (χ0n) is 17.2. The van der Waals surface area contributed by atoms with Crippen LogP contribution >= 0.6 is 7.82 Å². The molecule has 0 aromatic carbocycles. The fourth-order valence-electron chi connectivity index (χ4n) is 1.84. The minimum absolute atomic E-state index is 0.155. The third-order valence-corrected chi connectivity index (χ3v) is 4.94. The number of anilines is 1. The number of hydrogen-bond donors (Lipinski definition) is 1. The lowest BCUT2D eigenvalue weighted by atomic mass is 10.3. The Morgan fingerprint density at radius 3 is 2.61 bits per heavy atom. The molecule has 0 fully saturated rings. The molecule has 0 radical (unpaired) electrons. The Hall–Kier alpha value is -1.77. The lowest BCUT2D eigenvalue weighted by molar-refractivity contribution is -0.870. The van der Waals surface area contributed by atoms with E-state index in [1.165, 1.54) is 14.0 Å². The van der Waals surface area contributed by atoms with Gasteiger partial charge < -0.3 is 14.5 Å². The van der Waals surface area contributed by atoms with Gasteiger partial charge in [-0.25, -0.2) is 14.3 Å². The van der Waals surface area contributed by atoms with Crippen LogP contribution in [0.1, 0.15) is 6.92 Å². The van der Waals surface area contributed by atoms with E-state index in [4.69, 9.17) is 18.3 Å². The summed E-state index contributed by atoms with van der Waals surface area (Å²) in [5.41, 5.74) is 0.255. The van der Waals surface area contributed by atoms with E-state index in [9.17, 15) is 9.36 Å². The van der Waals surface area contributed by atoms with Gasteiger partial charge in [0.25, 0.3) is 0 Å². The van der Waals surface area contributed by atoms with Crippen LogP contribution in [-0.4, -0.2) is 76.1 Å². The quantitative estimate of drug-likeness (QED) is 0.227. The van der Waals surface area contributed by atoms with Gasteiger partial charge in [-0.15, -0.1) is 0 Å². The maximum atomic E-state index is 12.8. The van der Waals surface area contributed by atoms with Crippen molar-refractivity contribution in [1.29, 1.82) is 0 Å². The first kappa shape index (κ1) is 24.3. The monoisotopic (exact) mass is 416 g/mol. The second-order valence-electron chi connectivity index (χ2n) is 7.18. The standard InChI is InChI=1S/C18H31N3O6P/c1-15(2)18(22)25-14-16(13-20-17-9-7-8-10-19-17)27-28(23,24-6)26-12-11-21(3,4)5/h7-10,16H,1,11-14H2,2-6H3,(H,19,20)/q+1. The van der Waals surface area contributed by atoms with Crippen LogP contribution in [0.5, 0.6) is 0 Å². The molecule has 0 spiro atoms. The molecule has 0 aliphatic carbocycles. The Morgan fingerprint density at radius 2 is 2.07 bits per heavy atom. The summed E-state index contributed by atoms with van der Waals surface area (Å²) in [7, 11) is 3.37. The number of aromatic nitrogens is 1. The van der Waals surface area contributed by atoms with Crippen LogP contribution in [0.3, 0.4) is 0 Å². The normalized spacial score (nSPS) is 14.8. The van der Waals surface area contributed by atoms with Gasteiger partial charge in [0.2, 0.25) is 0 Å². The number of rotatable bonds is 13. The van der Waals surface area contributed by atoms with E-state index >= 15 is 0 Å². The van der Waals surface area contributed by atoms with Gasteiger partial charge in [-0.3, -0.25) is 13.6 Å². The van der Waals surface area contributed by atoms with Crippen molar-refractivity contribution >= 4 is 19.6 Å². The molecule has 2 atom stereocenters. The average Bonchev–Trinajstić information content (AvgIpc) is 2.63. The smallest absolute Gasteiger partial charge is 0.459 e. The van der Waals surface area contributed by atoms with Crippen LogP contribution in [0, 0.1) is 0 Å². The maximum Gasteiger partial charge on any atom is 0.475 e. The highest BCUT2D eigenvalue weighted by molar-refractivity contribution is 7.48. The van der Waals surface area contributed by atoms with E-state index in [0.29, 0.717) is 16.8 Å². The van der Waals surface area contributed by atoms with E-state index in [1.54, 1.807) is 18.3 Å². The molecule has 0 amide bonds. The predicted octanol–water partition coefficient (Wildman–Crippen LogP) is 2.48. The zero-order valence-corrected chi connectivity index (χ0v) is 18.1. The molecule has 1 heterocycles. The van der Waals surface area contributed by atoms with Crippen molar-refractivity contribution in [2.45, 2.75) is 13.0 Å². The number of likely N-dealkylation sites (N-methyl/N-ethyl adjacent to an activating group) is 1. The molecule has 1 aromatic heterocycles. The highest BCUT2D eigenvalue weighted by Gasteiger charge is 2.31. The van der Waals surface area contributed by atoms with E-state index in [2.05, 4.69) is 16.9 Å². The number of pyridine rings is 1. The molecule has 2 unspecified atom stereocenters. The summed E-state index contributed by atoms with van der Waals surface area (Å²) in [6.45, 7) is 5.88. The van der Waals surface area contributed by atoms with Crippen molar-refractivity contribution in [1.82, 2.24) is 4.98 Å². The molecule has 0 aliphatic heterocycles. The summed E-state index contributed by atoms with van der Waals surface area (Å²) in [6, 6.07) is 5.37. The van der Waals surface area contributed by atoms with Gasteiger partial charge in [0.15, 0.2) is 0 Å². The molecule has 158 valence electrons. The van der Waals surface area contributed by atoms with Crippen molar-refractivity contribution < 1.29 is 32.2 Å². The molecule has 10 heteroatoms. The number of hydrogen-bond acceptors (Lipinski definition) is 8. The van der Waals surface area contributed by atoms with E-state index < -0.39 is 19.9 Å². The van der Waals surface area contributed by atoms with Gasteiger partial charge >= 0.3 is 13.8 Å². The molecule has 0 bridgehead atoms. The minimum Gasteiger partial charge on any atom is -0.459 e. The van der Waals surface area contributed by atoms with Crippen LogP contribution in [0.2, 0.25) is 0 Å². The molecule has 1 rings (SSSR count). The number of carbonyl (C=O) groups is 1. The topological polar surface area (TPSA) is 96.0 Å². The molecular formula is C18H31N3O6P+. The molecule has 9 nitrogen and oxygen atoms in total. The molecule has 0 saturated heterocycles. The van der Waals surface area contributed by atoms with Crippen molar-refractivity contribution in [3.05, 3.63) is 36.5 Å². The summed E-state index contributed by atoms with van der Waals surface area (Å²) in [4.78, 5) is 15.8. The first-order valence-corrected chi connectivity index (χ1v) is 10.3. The van der Waals surface area contributed by atoms with E-state index in [1.807, 2.05) is 27.2 Å². The first-order valence-electron chi connectivity index (χ1n) is 8.81. The average molecular weight is 416 g/mol. The number of phosphoric acid groups is 1. The third kappa shape index (κ3) is 9.96. The highest BCUT2D eigenvalue weighted by Crippen LogP contribution is 2.49. The summed E-state index contributed by atoms with van der Waals surface area (Å²) in [5.74, 6) is 0.0326. The predicted molar refractivity (Wildman–Crippen MR) is 107 cm³/mol. The first-order chi connectivity index (χ1) is 13.0. The Morgan fingerprint density at radius 1 is 1.36 bits per heavy atom. The molecule has 1 aromatic rings. The number of nitrogens with one attached hydrogen (secondary N) is 1. The highest BCUT2D eigenvalue weighted by atomic mass is 31.2. The number of carbonyl (C=O) groups excluding carboxylic acids is 1. The lowest BCUT2D eigenvalue weighted by Crippen LogP contribution is -2.37. The second-order valence-corrected chi connectivity index (χ2v) is 8.91. The molecule has 1 N–H and O–H groups in total. The molecule has 0 aliphatic rings. The lowest BCUT2D eigenvalue weighted by Gasteiger charge is -2.26. The van der Waals surface area contributed by atoms with Gasteiger partial charge in [-0.2, -0.15) is 0 Å². The molecule has 28 heavy (non-hydrogen) atoms. The summed E-state index contributed by atoms with van der Waals surface area (Å²) >= 11 is 0.